The molecule has 0 bridgehead atoms. The van der Waals surface area contributed by atoms with Crippen LogP contribution in [0.15, 0.2) is 54.1 Å². The summed E-state index contributed by atoms with van der Waals surface area (Å²) in [5.74, 6) is 1.21. The van der Waals surface area contributed by atoms with Gasteiger partial charge in [0, 0.05) is 5.92 Å². The molecule has 4 rings (SSSR count). The van der Waals surface area contributed by atoms with Crippen LogP contribution in [-0.4, -0.2) is 40.9 Å². The molecule has 0 unspecified atom stereocenters. The van der Waals surface area contributed by atoms with Crippen LogP contribution < -0.4 is 0 Å². The van der Waals surface area contributed by atoms with Crippen LogP contribution in [0, 0.1) is 17.8 Å². The van der Waals surface area contributed by atoms with Gasteiger partial charge in [0.1, 0.15) is 0 Å². The lowest BCUT2D eigenvalue weighted by Gasteiger charge is -2.19. The van der Waals surface area contributed by atoms with Crippen LogP contribution in [0.2, 0.25) is 0 Å². The smallest absolute Gasteiger partial charge is 0.0971 e. The Hall–Kier alpha value is -1.42. The molecule has 0 radical (unpaired) electrons. The molecule has 1 aliphatic heterocycles. The molecule has 3 aliphatic rings. The highest BCUT2D eigenvalue weighted by molar-refractivity contribution is 5.24. The van der Waals surface area contributed by atoms with E-state index in [0.29, 0.717) is 11.8 Å². The third kappa shape index (κ3) is 5.39. The SMILES string of the molecule is O[C@H](C=C[C@@H]1[C@H]2CC(CCCCCN3CCCC3)=C[C@H]2C[C@H]1O)c1ccccc1. The molecule has 0 amide bonds. The summed E-state index contributed by atoms with van der Waals surface area (Å²) in [4.78, 5) is 2.61. The van der Waals surface area contributed by atoms with Crippen molar-refractivity contribution in [3.63, 3.8) is 0 Å². The number of nitrogens with zero attached hydrogens (tertiary/aromatic N) is 1. The summed E-state index contributed by atoms with van der Waals surface area (Å²) in [7, 11) is 0. The average Bonchev–Trinajstić information content (AvgIpc) is 3.44. The van der Waals surface area contributed by atoms with E-state index in [9.17, 15) is 10.2 Å². The predicted molar refractivity (Wildman–Crippen MR) is 118 cm³/mol. The fourth-order valence-electron chi connectivity index (χ4n) is 5.66. The van der Waals surface area contributed by atoms with Gasteiger partial charge >= 0.3 is 0 Å². The molecule has 2 aliphatic carbocycles. The summed E-state index contributed by atoms with van der Waals surface area (Å²) < 4.78 is 0. The number of rotatable bonds is 9. The van der Waals surface area contributed by atoms with Crippen molar-refractivity contribution in [1.29, 1.82) is 0 Å². The molecule has 0 spiro atoms. The second kappa shape index (κ2) is 10.1. The summed E-state index contributed by atoms with van der Waals surface area (Å²) in [6.45, 7) is 3.91. The zero-order chi connectivity index (χ0) is 20.1. The first-order valence-electron chi connectivity index (χ1n) is 11.7. The first-order chi connectivity index (χ1) is 14.2. The maximum Gasteiger partial charge on any atom is 0.0971 e. The zero-order valence-electron chi connectivity index (χ0n) is 17.6. The maximum absolute atomic E-state index is 10.5. The van der Waals surface area contributed by atoms with Gasteiger partial charge < -0.3 is 15.1 Å². The van der Waals surface area contributed by atoms with Gasteiger partial charge in [0.2, 0.25) is 0 Å². The molecule has 1 saturated carbocycles. The number of hydrogen-bond donors (Lipinski definition) is 2. The van der Waals surface area contributed by atoms with Gasteiger partial charge in [-0.05, 0) is 82.0 Å². The lowest BCUT2D eigenvalue weighted by Crippen LogP contribution is -2.20. The Morgan fingerprint density at radius 3 is 2.66 bits per heavy atom. The van der Waals surface area contributed by atoms with E-state index in [1.54, 1.807) is 5.57 Å². The Kier molecular flexibility index (Phi) is 7.23. The minimum Gasteiger partial charge on any atom is -0.392 e. The van der Waals surface area contributed by atoms with Gasteiger partial charge in [0.15, 0.2) is 0 Å². The number of aliphatic hydroxyl groups excluding tert-OH is 2. The third-order valence-corrected chi connectivity index (χ3v) is 7.28. The number of aliphatic hydroxyl groups is 2. The van der Waals surface area contributed by atoms with Crippen molar-refractivity contribution in [2.75, 3.05) is 19.6 Å². The fourth-order valence-corrected chi connectivity index (χ4v) is 5.66. The molecule has 1 saturated heterocycles. The first-order valence-corrected chi connectivity index (χ1v) is 11.7. The topological polar surface area (TPSA) is 43.7 Å². The quantitative estimate of drug-likeness (QED) is 0.463. The molecular formula is C26H37NO2. The van der Waals surface area contributed by atoms with Crippen molar-refractivity contribution in [3.8, 4) is 0 Å². The molecule has 2 N–H and O–H groups in total. The fraction of sp³-hybridized carbons (Fsp3) is 0.615. The van der Waals surface area contributed by atoms with Gasteiger partial charge in [-0.2, -0.15) is 0 Å². The van der Waals surface area contributed by atoms with Gasteiger partial charge in [-0.15, -0.1) is 0 Å². The van der Waals surface area contributed by atoms with Crippen LogP contribution in [0.1, 0.15) is 63.0 Å². The van der Waals surface area contributed by atoms with Gasteiger partial charge in [0.05, 0.1) is 12.2 Å². The number of allylic oxidation sites excluding steroid dienone is 2. The lowest BCUT2D eigenvalue weighted by molar-refractivity contribution is 0.140. The van der Waals surface area contributed by atoms with E-state index < -0.39 is 6.10 Å². The van der Waals surface area contributed by atoms with Crippen molar-refractivity contribution in [2.24, 2.45) is 17.8 Å². The Morgan fingerprint density at radius 1 is 1.07 bits per heavy atom. The maximum atomic E-state index is 10.5. The lowest BCUT2D eigenvalue weighted by atomic mass is 9.88. The highest BCUT2D eigenvalue weighted by Gasteiger charge is 2.43. The third-order valence-electron chi connectivity index (χ3n) is 7.28. The highest BCUT2D eigenvalue weighted by atomic mass is 16.3. The Bertz CT molecular complexity index is 692. The van der Waals surface area contributed by atoms with Crippen LogP contribution in [0.25, 0.3) is 0 Å². The zero-order valence-corrected chi connectivity index (χ0v) is 17.6. The monoisotopic (exact) mass is 395 g/mol. The van der Waals surface area contributed by atoms with Crippen LogP contribution in [-0.2, 0) is 0 Å². The molecular weight excluding hydrogens is 358 g/mol. The minimum atomic E-state index is -0.591. The first kappa shape index (κ1) is 20.8. The molecule has 1 aromatic carbocycles. The molecule has 29 heavy (non-hydrogen) atoms. The minimum absolute atomic E-state index is 0.169. The number of fused-ring (bicyclic) bond motifs is 1. The summed E-state index contributed by atoms with van der Waals surface area (Å²) in [6.07, 6.45) is 15.5. The summed E-state index contributed by atoms with van der Waals surface area (Å²) in [6, 6.07) is 9.75. The van der Waals surface area contributed by atoms with E-state index in [1.807, 2.05) is 36.4 Å². The van der Waals surface area contributed by atoms with Crippen molar-refractivity contribution in [3.05, 3.63) is 59.7 Å². The number of benzene rings is 1. The summed E-state index contributed by atoms with van der Waals surface area (Å²) in [5.41, 5.74) is 2.52. The van der Waals surface area contributed by atoms with Crippen molar-refractivity contribution < 1.29 is 10.2 Å². The number of likely N-dealkylation sites (tertiary alicyclic amines) is 1. The Morgan fingerprint density at radius 2 is 1.86 bits per heavy atom. The molecule has 1 aromatic rings. The van der Waals surface area contributed by atoms with E-state index in [1.165, 1.54) is 58.2 Å². The predicted octanol–water partition coefficient (Wildman–Crippen LogP) is 4.88. The molecule has 2 fully saturated rings. The van der Waals surface area contributed by atoms with E-state index >= 15 is 0 Å². The normalized spacial score (nSPS) is 30.8. The Labute approximate surface area is 176 Å². The standard InChI is InChI=1S/C26H37NO2/c28-25(21-10-4-1-5-11-21)13-12-23-24-18-20(17-22(24)19-26(23)29)9-3-2-6-14-27-15-7-8-16-27/h1,4-5,10-13,17,22-26,28-29H,2-3,6-9,14-16,18-19H2/t22-,23+,24-,25+,26+/m0/s1. The molecule has 0 aromatic heterocycles. The van der Waals surface area contributed by atoms with Crippen LogP contribution >= 0.6 is 0 Å². The second-order valence-corrected chi connectivity index (χ2v) is 9.34. The van der Waals surface area contributed by atoms with E-state index in [-0.39, 0.29) is 12.0 Å². The molecule has 3 nitrogen and oxygen atoms in total. The van der Waals surface area contributed by atoms with Crippen molar-refractivity contribution >= 4 is 0 Å². The highest BCUT2D eigenvalue weighted by Crippen LogP contribution is 2.48. The molecule has 158 valence electrons. The largest absolute Gasteiger partial charge is 0.392 e. The van der Waals surface area contributed by atoms with E-state index in [4.69, 9.17) is 0 Å². The van der Waals surface area contributed by atoms with Crippen LogP contribution in [0.5, 0.6) is 0 Å². The van der Waals surface area contributed by atoms with E-state index in [0.717, 1.165) is 18.4 Å². The van der Waals surface area contributed by atoms with Crippen molar-refractivity contribution in [2.45, 2.75) is 63.6 Å². The van der Waals surface area contributed by atoms with Crippen LogP contribution in [0.3, 0.4) is 0 Å². The average molecular weight is 396 g/mol. The van der Waals surface area contributed by atoms with Gasteiger partial charge in [0.25, 0.3) is 0 Å². The number of unbranched alkanes of at least 4 members (excludes halogenated alkanes) is 2. The second-order valence-electron chi connectivity index (χ2n) is 9.34. The van der Waals surface area contributed by atoms with Crippen LogP contribution in [0.4, 0.5) is 0 Å². The summed E-state index contributed by atoms with van der Waals surface area (Å²) >= 11 is 0. The van der Waals surface area contributed by atoms with Gasteiger partial charge in [-0.1, -0.05) is 60.6 Å². The van der Waals surface area contributed by atoms with Gasteiger partial charge in [-0.3, -0.25) is 0 Å². The van der Waals surface area contributed by atoms with Gasteiger partial charge in [-0.25, -0.2) is 0 Å². The van der Waals surface area contributed by atoms with E-state index in [2.05, 4.69) is 17.1 Å². The van der Waals surface area contributed by atoms with Crippen molar-refractivity contribution in [1.82, 2.24) is 4.90 Å². The molecule has 1 heterocycles. The molecule has 3 heteroatoms. The Balaban J connectivity index is 1.22. The number of hydrogen-bond acceptors (Lipinski definition) is 3. The summed E-state index contributed by atoms with van der Waals surface area (Å²) in [5, 5.41) is 21.0. The molecule has 5 atom stereocenters.